The molecule has 0 aliphatic rings. The molecule has 0 aromatic heterocycles. The summed E-state index contributed by atoms with van der Waals surface area (Å²) in [6.07, 6.45) is 0.909. The molecule has 0 aliphatic heterocycles. The van der Waals surface area contributed by atoms with Crippen LogP contribution in [0.5, 0.6) is 11.5 Å². The van der Waals surface area contributed by atoms with Gasteiger partial charge in [-0.2, -0.15) is 0 Å². The molecular weight excluding hydrogens is 358 g/mol. The number of carbonyl (C=O) groups is 2. The fourth-order valence-electron chi connectivity index (χ4n) is 2.77. The Labute approximate surface area is 165 Å². The first-order chi connectivity index (χ1) is 13.3. The van der Waals surface area contributed by atoms with Crippen LogP contribution < -0.4 is 14.8 Å². The number of hydrogen-bond donors (Lipinski definition) is 2. The van der Waals surface area contributed by atoms with Crippen LogP contribution in [0.25, 0.3) is 0 Å². The molecule has 2 aromatic carbocycles. The first kappa shape index (κ1) is 21.3. The lowest BCUT2D eigenvalue weighted by molar-refractivity contribution is -0.121. The third-order valence-electron chi connectivity index (χ3n) is 4.27. The van der Waals surface area contributed by atoms with Crippen molar-refractivity contribution in [3.8, 4) is 11.5 Å². The average molecular weight is 385 g/mol. The highest BCUT2D eigenvalue weighted by Gasteiger charge is 2.14. The summed E-state index contributed by atoms with van der Waals surface area (Å²) in [5, 5.41) is 11.9. The van der Waals surface area contributed by atoms with Gasteiger partial charge in [0.2, 0.25) is 5.91 Å². The van der Waals surface area contributed by atoms with Crippen molar-refractivity contribution in [1.29, 1.82) is 0 Å². The molecule has 0 aliphatic carbocycles. The predicted octanol–water partition coefficient (Wildman–Crippen LogP) is 3.99. The molecule has 28 heavy (non-hydrogen) atoms. The van der Waals surface area contributed by atoms with Crippen molar-refractivity contribution >= 4 is 11.9 Å². The van der Waals surface area contributed by atoms with E-state index >= 15 is 0 Å². The standard InChI is InChI=1S/C22H27NO5/c1-14(2)28-19-11-10-18(13-20(19)27-4)15(3)23-21(24)12-7-16-5-8-17(9-6-16)22(25)26/h5-6,8-11,13-15H,7,12H2,1-4H3,(H,23,24)(H,25,26). The van der Waals surface area contributed by atoms with Gasteiger partial charge in [0.1, 0.15) is 0 Å². The number of methoxy groups -OCH3 is 1. The van der Waals surface area contributed by atoms with Gasteiger partial charge in [0, 0.05) is 6.42 Å². The maximum atomic E-state index is 12.3. The monoisotopic (exact) mass is 385 g/mol. The van der Waals surface area contributed by atoms with E-state index in [1.807, 2.05) is 39.0 Å². The van der Waals surface area contributed by atoms with E-state index in [1.54, 1.807) is 31.4 Å². The molecule has 1 atom stereocenters. The van der Waals surface area contributed by atoms with Crippen LogP contribution in [0.1, 0.15) is 54.7 Å². The molecule has 0 bridgehead atoms. The molecule has 6 nitrogen and oxygen atoms in total. The highest BCUT2D eigenvalue weighted by molar-refractivity contribution is 5.87. The van der Waals surface area contributed by atoms with Gasteiger partial charge in [-0.3, -0.25) is 4.79 Å². The van der Waals surface area contributed by atoms with Crippen LogP contribution in [0.3, 0.4) is 0 Å². The fourth-order valence-corrected chi connectivity index (χ4v) is 2.77. The van der Waals surface area contributed by atoms with Gasteiger partial charge >= 0.3 is 5.97 Å². The van der Waals surface area contributed by atoms with Gasteiger partial charge in [-0.15, -0.1) is 0 Å². The zero-order valence-electron chi connectivity index (χ0n) is 16.7. The molecule has 0 spiro atoms. The topological polar surface area (TPSA) is 84.9 Å². The van der Waals surface area contributed by atoms with E-state index in [0.29, 0.717) is 24.3 Å². The zero-order chi connectivity index (χ0) is 20.7. The van der Waals surface area contributed by atoms with Gasteiger partial charge in [-0.25, -0.2) is 4.79 Å². The van der Waals surface area contributed by atoms with Crippen molar-refractivity contribution in [2.75, 3.05) is 7.11 Å². The highest BCUT2D eigenvalue weighted by Crippen LogP contribution is 2.31. The van der Waals surface area contributed by atoms with Gasteiger partial charge in [0.05, 0.1) is 24.8 Å². The molecule has 2 aromatic rings. The minimum atomic E-state index is -0.960. The first-order valence-corrected chi connectivity index (χ1v) is 9.26. The van der Waals surface area contributed by atoms with Crippen LogP contribution in [0.2, 0.25) is 0 Å². The van der Waals surface area contributed by atoms with Crippen molar-refractivity contribution in [3.05, 3.63) is 59.2 Å². The lowest BCUT2D eigenvalue weighted by atomic mass is 10.1. The van der Waals surface area contributed by atoms with Crippen molar-refractivity contribution in [1.82, 2.24) is 5.32 Å². The third kappa shape index (κ3) is 6.01. The number of rotatable bonds is 9. The Kier molecular flexibility index (Phi) is 7.44. The number of aryl methyl sites for hydroxylation is 1. The Morgan fingerprint density at radius 3 is 2.29 bits per heavy atom. The Morgan fingerprint density at radius 1 is 1.04 bits per heavy atom. The molecule has 0 heterocycles. The van der Waals surface area contributed by atoms with E-state index < -0.39 is 5.97 Å². The molecule has 2 N–H and O–H groups in total. The maximum Gasteiger partial charge on any atom is 0.335 e. The van der Waals surface area contributed by atoms with Gasteiger partial charge in [-0.05, 0) is 62.6 Å². The van der Waals surface area contributed by atoms with Gasteiger partial charge in [0.15, 0.2) is 11.5 Å². The van der Waals surface area contributed by atoms with E-state index in [2.05, 4.69) is 5.32 Å². The van der Waals surface area contributed by atoms with Crippen LogP contribution >= 0.6 is 0 Å². The van der Waals surface area contributed by atoms with E-state index in [1.165, 1.54) is 0 Å². The molecule has 2 rings (SSSR count). The second-order valence-corrected chi connectivity index (χ2v) is 6.87. The summed E-state index contributed by atoms with van der Waals surface area (Å²) in [6, 6.07) is 12.0. The second-order valence-electron chi connectivity index (χ2n) is 6.87. The molecule has 0 fully saturated rings. The Morgan fingerprint density at radius 2 is 1.71 bits per heavy atom. The first-order valence-electron chi connectivity index (χ1n) is 9.26. The number of hydrogen-bond acceptors (Lipinski definition) is 4. The second kappa shape index (κ2) is 9.78. The zero-order valence-corrected chi connectivity index (χ0v) is 16.7. The normalized spacial score (nSPS) is 11.8. The number of carboxylic acid groups (broad SMARTS) is 1. The maximum absolute atomic E-state index is 12.3. The van der Waals surface area contributed by atoms with Crippen molar-refractivity contribution in [3.63, 3.8) is 0 Å². The molecule has 6 heteroatoms. The number of ether oxygens (including phenoxy) is 2. The number of carbonyl (C=O) groups excluding carboxylic acids is 1. The number of carboxylic acids is 1. The van der Waals surface area contributed by atoms with Crippen molar-refractivity contribution in [2.45, 2.75) is 45.8 Å². The molecular formula is C22H27NO5. The number of amides is 1. The van der Waals surface area contributed by atoms with E-state index in [4.69, 9.17) is 14.6 Å². The number of benzene rings is 2. The molecule has 0 saturated carbocycles. The molecule has 150 valence electrons. The van der Waals surface area contributed by atoms with E-state index in [-0.39, 0.29) is 23.6 Å². The van der Waals surface area contributed by atoms with Crippen LogP contribution in [0.4, 0.5) is 0 Å². The molecule has 0 saturated heterocycles. The van der Waals surface area contributed by atoms with Gasteiger partial charge in [0.25, 0.3) is 0 Å². The highest BCUT2D eigenvalue weighted by atomic mass is 16.5. The fraction of sp³-hybridized carbons (Fsp3) is 0.364. The summed E-state index contributed by atoms with van der Waals surface area (Å²) in [5.41, 5.74) is 2.08. The molecule has 1 unspecified atom stereocenters. The van der Waals surface area contributed by atoms with Gasteiger partial charge < -0.3 is 19.9 Å². The quantitative estimate of drug-likeness (QED) is 0.682. The SMILES string of the molecule is COc1cc(C(C)NC(=O)CCc2ccc(C(=O)O)cc2)ccc1OC(C)C. The van der Waals surface area contributed by atoms with E-state index in [0.717, 1.165) is 11.1 Å². The molecule has 1 amide bonds. The Balaban J connectivity index is 1.93. The number of aromatic carboxylic acids is 1. The minimum absolute atomic E-state index is 0.0430. The minimum Gasteiger partial charge on any atom is -0.493 e. The summed E-state index contributed by atoms with van der Waals surface area (Å²) in [4.78, 5) is 23.2. The smallest absolute Gasteiger partial charge is 0.335 e. The van der Waals surface area contributed by atoms with Crippen molar-refractivity contribution in [2.24, 2.45) is 0 Å². The molecule has 0 radical (unpaired) electrons. The van der Waals surface area contributed by atoms with Crippen LogP contribution in [-0.2, 0) is 11.2 Å². The van der Waals surface area contributed by atoms with Crippen molar-refractivity contribution < 1.29 is 24.2 Å². The summed E-state index contributed by atoms with van der Waals surface area (Å²) in [7, 11) is 1.59. The van der Waals surface area contributed by atoms with Crippen LogP contribution in [0.15, 0.2) is 42.5 Å². The Bertz CT molecular complexity index is 814. The van der Waals surface area contributed by atoms with Crippen LogP contribution in [-0.4, -0.2) is 30.2 Å². The Hall–Kier alpha value is -3.02. The summed E-state index contributed by atoms with van der Waals surface area (Å²) in [6.45, 7) is 5.81. The third-order valence-corrected chi connectivity index (χ3v) is 4.27. The largest absolute Gasteiger partial charge is 0.493 e. The average Bonchev–Trinajstić information content (AvgIpc) is 2.66. The van der Waals surface area contributed by atoms with E-state index in [9.17, 15) is 9.59 Å². The van der Waals surface area contributed by atoms with Crippen LogP contribution in [0, 0.1) is 0 Å². The lowest BCUT2D eigenvalue weighted by Crippen LogP contribution is -2.26. The lowest BCUT2D eigenvalue weighted by Gasteiger charge is -2.18. The van der Waals surface area contributed by atoms with Gasteiger partial charge in [-0.1, -0.05) is 18.2 Å². The summed E-state index contributed by atoms with van der Waals surface area (Å²) in [5.74, 6) is 0.269. The predicted molar refractivity (Wildman–Crippen MR) is 107 cm³/mol. The number of nitrogens with one attached hydrogen (secondary N) is 1. The summed E-state index contributed by atoms with van der Waals surface area (Å²) >= 11 is 0. The summed E-state index contributed by atoms with van der Waals surface area (Å²) < 4.78 is 11.1.